The van der Waals surface area contributed by atoms with Gasteiger partial charge >= 0.3 is 0 Å². The van der Waals surface area contributed by atoms with Crippen molar-refractivity contribution in [3.63, 3.8) is 0 Å². The number of benzene rings is 1. The molecule has 0 bridgehead atoms. The van der Waals surface area contributed by atoms with E-state index in [4.69, 9.17) is 10.5 Å². The summed E-state index contributed by atoms with van der Waals surface area (Å²) in [5.74, 6) is 0.904. The van der Waals surface area contributed by atoms with E-state index in [0.29, 0.717) is 6.61 Å². The summed E-state index contributed by atoms with van der Waals surface area (Å²) in [6.07, 6.45) is 2.54. The highest BCUT2D eigenvalue weighted by Crippen LogP contribution is 2.12. The van der Waals surface area contributed by atoms with Crippen LogP contribution in [-0.4, -0.2) is 12.6 Å². The second-order valence-corrected chi connectivity index (χ2v) is 3.35. The molecule has 1 aromatic rings. The summed E-state index contributed by atoms with van der Waals surface area (Å²) in [6, 6.07) is 8.02. The zero-order chi connectivity index (χ0) is 10.4. The van der Waals surface area contributed by atoms with Crippen LogP contribution in [0, 0.1) is 6.92 Å². The molecule has 0 aromatic heterocycles. The average Bonchev–Trinajstić information content (AvgIpc) is 2.17. The van der Waals surface area contributed by atoms with E-state index in [0.717, 1.165) is 12.2 Å². The molecular weight excluding hydrogens is 174 g/mol. The van der Waals surface area contributed by atoms with Crippen molar-refractivity contribution >= 4 is 0 Å². The molecule has 14 heavy (non-hydrogen) atoms. The zero-order valence-electron chi connectivity index (χ0n) is 8.57. The van der Waals surface area contributed by atoms with Crippen molar-refractivity contribution in [1.82, 2.24) is 0 Å². The monoisotopic (exact) mass is 191 g/mol. The van der Waals surface area contributed by atoms with Crippen LogP contribution >= 0.6 is 0 Å². The van der Waals surface area contributed by atoms with Crippen LogP contribution in [0.15, 0.2) is 36.9 Å². The summed E-state index contributed by atoms with van der Waals surface area (Å²) in [6.45, 7) is 6.30. The topological polar surface area (TPSA) is 35.2 Å². The molecule has 0 saturated carbocycles. The Bertz CT molecular complexity index is 296. The summed E-state index contributed by atoms with van der Waals surface area (Å²) < 4.78 is 5.53. The molecule has 1 atom stereocenters. The Labute approximate surface area is 85.4 Å². The molecule has 0 fully saturated rings. The van der Waals surface area contributed by atoms with Gasteiger partial charge in [-0.3, -0.25) is 0 Å². The molecule has 0 radical (unpaired) electrons. The first-order chi connectivity index (χ1) is 6.72. The van der Waals surface area contributed by atoms with Gasteiger partial charge in [0.25, 0.3) is 0 Å². The van der Waals surface area contributed by atoms with E-state index in [1.54, 1.807) is 6.08 Å². The molecule has 0 aliphatic heterocycles. The fourth-order valence-corrected chi connectivity index (χ4v) is 1.14. The Morgan fingerprint density at radius 1 is 1.57 bits per heavy atom. The molecule has 0 aliphatic rings. The Kier molecular flexibility index (Phi) is 4.20. The van der Waals surface area contributed by atoms with E-state index in [2.05, 4.69) is 6.58 Å². The number of aryl methyl sites for hydroxylation is 1. The predicted molar refractivity (Wildman–Crippen MR) is 59.5 cm³/mol. The smallest absolute Gasteiger partial charge is 0.119 e. The number of ether oxygens (including phenoxy) is 1. The molecule has 0 spiro atoms. The molecule has 2 N–H and O–H groups in total. The van der Waals surface area contributed by atoms with Gasteiger partial charge in [0.15, 0.2) is 0 Å². The van der Waals surface area contributed by atoms with Crippen LogP contribution in [0.25, 0.3) is 0 Å². The van der Waals surface area contributed by atoms with Gasteiger partial charge in [0, 0.05) is 12.5 Å². The number of rotatable bonds is 5. The minimum absolute atomic E-state index is 0.0276. The summed E-state index contributed by atoms with van der Waals surface area (Å²) in [5.41, 5.74) is 6.87. The minimum Gasteiger partial charge on any atom is -0.494 e. The Morgan fingerprint density at radius 2 is 2.36 bits per heavy atom. The van der Waals surface area contributed by atoms with Crippen LogP contribution in [0.1, 0.15) is 12.0 Å². The quantitative estimate of drug-likeness (QED) is 0.725. The molecular formula is C12H17NO. The fraction of sp³-hybridized carbons (Fsp3) is 0.333. The van der Waals surface area contributed by atoms with E-state index < -0.39 is 0 Å². The summed E-state index contributed by atoms with van der Waals surface area (Å²) in [7, 11) is 0. The normalized spacial score (nSPS) is 12.1. The van der Waals surface area contributed by atoms with E-state index >= 15 is 0 Å². The van der Waals surface area contributed by atoms with Gasteiger partial charge in [-0.05, 0) is 24.6 Å². The SMILES string of the molecule is C=CC(N)CCOc1cccc(C)c1. The van der Waals surface area contributed by atoms with Gasteiger partial charge < -0.3 is 10.5 Å². The fourth-order valence-electron chi connectivity index (χ4n) is 1.14. The first-order valence-corrected chi connectivity index (χ1v) is 4.80. The van der Waals surface area contributed by atoms with E-state index in [1.165, 1.54) is 5.56 Å². The average molecular weight is 191 g/mol. The van der Waals surface area contributed by atoms with Gasteiger partial charge in [0.05, 0.1) is 6.61 Å². The van der Waals surface area contributed by atoms with Crippen molar-refractivity contribution in [2.75, 3.05) is 6.61 Å². The summed E-state index contributed by atoms with van der Waals surface area (Å²) in [4.78, 5) is 0. The lowest BCUT2D eigenvalue weighted by molar-refractivity contribution is 0.305. The van der Waals surface area contributed by atoms with Crippen molar-refractivity contribution in [3.05, 3.63) is 42.5 Å². The second-order valence-electron chi connectivity index (χ2n) is 3.35. The summed E-state index contributed by atoms with van der Waals surface area (Å²) in [5, 5.41) is 0. The first-order valence-electron chi connectivity index (χ1n) is 4.80. The van der Waals surface area contributed by atoms with Gasteiger partial charge in [-0.15, -0.1) is 6.58 Å². The van der Waals surface area contributed by atoms with Crippen molar-refractivity contribution in [1.29, 1.82) is 0 Å². The van der Waals surface area contributed by atoms with Crippen LogP contribution in [-0.2, 0) is 0 Å². The van der Waals surface area contributed by atoms with Crippen molar-refractivity contribution in [2.45, 2.75) is 19.4 Å². The highest BCUT2D eigenvalue weighted by atomic mass is 16.5. The number of hydrogen-bond acceptors (Lipinski definition) is 2. The second kappa shape index (κ2) is 5.45. The standard InChI is InChI=1S/C12H17NO/c1-3-11(13)7-8-14-12-6-4-5-10(2)9-12/h3-6,9,11H,1,7-8,13H2,2H3. The number of hydrogen-bond donors (Lipinski definition) is 1. The molecule has 2 heteroatoms. The van der Waals surface area contributed by atoms with Crippen molar-refractivity contribution < 1.29 is 4.74 Å². The Morgan fingerprint density at radius 3 is 3.00 bits per heavy atom. The van der Waals surface area contributed by atoms with Crippen LogP contribution in [0.2, 0.25) is 0 Å². The van der Waals surface area contributed by atoms with Gasteiger partial charge in [-0.25, -0.2) is 0 Å². The zero-order valence-corrected chi connectivity index (χ0v) is 8.57. The Hall–Kier alpha value is -1.28. The van der Waals surface area contributed by atoms with Crippen LogP contribution < -0.4 is 10.5 Å². The van der Waals surface area contributed by atoms with Gasteiger partial charge in [0.2, 0.25) is 0 Å². The highest BCUT2D eigenvalue weighted by molar-refractivity contribution is 5.27. The van der Waals surface area contributed by atoms with E-state index in [-0.39, 0.29) is 6.04 Å². The van der Waals surface area contributed by atoms with E-state index in [1.807, 2.05) is 31.2 Å². The number of nitrogens with two attached hydrogens (primary N) is 1. The third-order valence-corrected chi connectivity index (χ3v) is 2.01. The lowest BCUT2D eigenvalue weighted by Crippen LogP contribution is -2.19. The van der Waals surface area contributed by atoms with Crippen molar-refractivity contribution in [2.24, 2.45) is 5.73 Å². The molecule has 1 aromatic carbocycles. The highest BCUT2D eigenvalue weighted by Gasteiger charge is 1.97. The third-order valence-electron chi connectivity index (χ3n) is 2.01. The molecule has 0 saturated heterocycles. The minimum atomic E-state index is 0.0276. The van der Waals surface area contributed by atoms with Gasteiger partial charge in [-0.1, -0.05) is 18.2 Å². The van der Waals surface area contributed by atoms with E-state index in [9.17, 15) is 0 Å². The van der Waals surface area contributed by atoms with Crippen molar-refractivity contribution in [3.8, 4) is 5.75 Å². The molecule has 2 nitrogen and oxygen atoms in total. The van der Waals surface area contributed by atoms with Crippen LogP contribution in [0.5, 0.6) is 5.75 Å². The molecule has 1 rings (SSSR count). The lowest BCUT2D eigenvalue weighted by atomic mass is 10.2. The Balaban J connectivity index is 2.34. The van der Waals surface area contributed by atoms with Crippen LogP contribution in [0.3, 0.4) is 0 Å². The molecule has 76 valence electrons. The van der Waals surface area contributed by atoms with Gasteiger partial charge in [0.1, 0.15) is 5.75 Å². The first kappa shape index (κ1) is 10.8. The summed E-state index contributed by atoms with van der Waals surface area (Å²) >= 11 is 0. The lowest BCUT2D eigenvalue weighted by Gasteiger charge is -2.08. The molecule has 0 amide bonds. The maximum absolute atomic E-state index is 5.67. The molecule has 0 aliphatic carbocycles. The predicted octanol–water partition coefficient (Wildman–Crippen LogP) is 2.28. The molecule has 1 unspecified atom stereocenters. The third kappa shape index (κ3) is 3.62. The maximum atomic E-state index is 5.67. The molecule has 0 heterocycles. The maximum Gasteiger partial charge on any atom is 0.119 e. The largest absolute Gasteiger partial charge is 0.494 e. The van der Waals surface area contributed by atoms with Crippen LogP contribution in [0.4, 0.5) is 0 Å². The van der Waals surface area contributed by atoms with Gasteiger partial charge in [-0.2, -0.15) is 0 Å².